The van der Waals surface area contributed by atoms with Gasteiger partial charge in [-0.1, -0.05) is 32.0 Å². The number of likely N-dealkylation sites (N-methyl/N-ethyl adjacent to an activating group) is 2. The van der Waals surface area contributed by atoms with Gasteiger partial charge in [0.05, 0.1) is 10.6 Å². The number of hydrogen-bond acceptors (Lipinski definition) is 8. The molecule has 0 bridgehead atoms. The summed E-state index contributed by atoms with van der Waals surface area (Å²) in [6.07, 6.45) is 1.64. The number of amides is 2. The molecule has 2 amide bonds. The van der Waals surface area contributed by atoms with Gasteiger partial charge in [-0.15, -0.1) is 0 Å². The van der Waals surface area contributed by atoms with Gasteiger partial charge in [0.15, 0.2) is 0 Å². The topological polar surface area (TPSA) is 81.7 Å². The zero-order chi connectivity index (χ0) is 22.4. The van der Waals surface area contributed by atoms with Crippen molar-refractivity contribution >= 4 is 46.4 Å². The Hall–Kier alpha value is -2.91. The van der Waals surface area contributed by atoms with Crippen LogP contribution in [-0.4, -0.2) is 66.3 Å². The summed E-state index contributed by atoms with van der Waals surface area (Å²) in [5, 5.41) is 1.91. The van der Waals surface area contributed by atoms with Gasteiger partial charge in [0, 0.05) is 38.9 Å². The highest BCUT2D eigenvalue weighted by Gasteiger charge is 2.25. The van der Waals surface area contributed by atoms with Crippen LogP contribution in [-0.2, 0) is 4.79 Å². The average Bonchev–Trinajstić information content (AvgIpc) is 3.10. The molecule has 9 heteroatoms. The van der Waals surface area contributed by atoms with E-state index in [0.29, 0.717) is 22.4 Å². The van der Waals surface area contributed by atoms with Crippen molar-refractivity contribution in [3.63, 3.8) is 0 Å². The molecule has 1 N–H and O–H groups in total. The zero-order valence-corrected chi connectivity index (χ0v) is 19.1. The van der Waals surface area contributed by atoms with E-state index in [0.717, 1.165) is 43.6 Å². The lowest BCUT2D eigenvalue weighted by atomic mass is 10.2. The Morgan fingerprint density at radius 3 is 2.35 bits per heavy atom. The molecular formula is C22H28N6O2S. The molecule has 0 radical (unpaired) electrons. The Balaban J connectivity index is 1.94. The molecule has 2 heterocycles. The lowest BCUT2D eigenvalue weighted by molar-refractivity contribution is -0.115. The number of carbonyl (C=O) groups is 2. The minimum Gasteiger partial charge on any atom is -0.343 e. The molecule has 0 unspecified atom stereocenters. The maximum atomic E-state index is 12.0. The molecule has 1 fully saturated rings. The number of carbonyl (C=O) groups excluding carboxylic acids is 2. The summed E-state index contributed by atoms with van der Waals surface area (Å²) in [7, 11) is 3.90. The van der Waals surface area contributed by atoms with E-state index < -0.39 is 5.91 Å². The van der Waals surface area contributed by atoms with Gasteiger partial charge < -0.3 is 14.7 Å². The highest BCUT2D eigenvalue weighted by Crippen LogP contribution is 2.28. The lowest BCUT2D eigenvalue weighted by Gasteiger charge is -2.25. The first kappa shape index (κ1) is 22.8. The molecule has 1 aromatic heterocycles. The number of hydrogen-bond donors (Lipinski definition) is 1. The Bertz CT molecular complexity index is 962. The smallest absolute Gasteiger partial charge is 0.290 e. The molecule has 0 saturated carbocycles. The predicted molar refractivity (Wildman–Crippen MR) is 127 cm³/mol. The fourth-order valence-corrected chi connectivity index (χ4v) is 3.79. The van der Waals surface area contributed by atoms with Crippen molar-refractivity contribution in [2.24, 2.45) is 0 Å². The van der Waals surface area contributed by atoms with Crippen LogP contribution < -0.4 is 15.1 Å². The van der Waals surface area contributed by atoms with E-state index >= 15 is 0 Å². The summed E-state index contributed by atoms with van der Waals surface area (Å²) in [6, 6.07) is 11.7. The highest BCUT2D eigenvalue weighted by molar-refractivity contribution is 8.18. The first-order chi connectivity index (χ1) is 14.9. The second-order valence-corrected chi connectivity index (χ2v) is 8.16. The van der Waals surface area contributed by atoms with Crippen LogP contribution in [0.4, 0.5) is 22.2 Å². The molecular weight excluding hydrogens is 412 g/mol. The third kappa shape index (κ3) is 5.83. The second-order valence-electron chi connectivity index (χ2n) is 7.15. The molecule has 1 saturated heterocycles. The van der Waals surface area contributed by atoms with Crippen molar-refractivity contribution in [2.75, 3.05) is 50.1 Å². The van der Waals surface area contributed by atoms with E-state index in [1.54, 1.807) is 6.08 Å². The number of nitrogens with one attached hydrogen (secondary N) is 1. The van der Waals surface area contributed by atoms with Crippen molar-refractivity contribution in [2.45, 2.75) is 13.8 Å². The Morgan fingerprint density at radius 2 is 1.74 bits per heavy atom. The van der Waals surface area contributed by atoms with Gasteiger partial charge in [0.2, 0.25) is 5.95 Å². The van der Waals surface area contributed by atoms with Crippen molar-refractivity contribution in [3.8, 4) is 0 Å². The number of benzene rings is 1. The molecule has 2 aromatic rings. The molecule has 1 aromatic carbocycles. The van der Waals surface area contributed by atoms with Crippen LogP contribution >= 0.6 is 11.8 Å². The third-order valence-electron chi connectivity index (χ3n) is 5.12. The fraction of sp³-hybridized carbons (Fsp3) is 0.364. The van der Waals surface area contributed by atoms with Crippen molar-refractivity contribution in [3.05, 3.63) is 47.0 Å². The van der Waals surface area contributed by atoms with Gasteiger partial charge in [-0.2, -0.15) is 4.98 Å². The van der Waals surface area contributed by atoms with Gasteiger partial charge in [0.1, 0.15) is 5.82 Å². The zero-order valence-electron chi connectivity index (χ0n) is 18.3. The normalized spacial score (nSPS) is 14.9. The summed E-state index contributed by atoms with van der Waals surface area (Å²) in [5.74, 6) is 0.865. The van der Waals surface area contributed by atoms with E-state index in [2.05, 4.69) is 29.0 Å². The molecule has 1 aliphatic heterocycles. The van der Waals surface area contributed by atoms with Crippen LogP contribution in [0.2, 0.25) is 0 Å². The number of para-hydroxylation sites is 1. The molecule has 8 nitrogen and oxygen atoms in total. The van der Waals surface area contributed by atoms with Crippen molar-refractivity contribution in [1.29, 1.82) is 0 Å². The summed E-state index contributed by atoms with van der Waals surface area (Å²) in [5.41, 5.74) is 1.56. The Kier molecular flexibility index (Phi) is 7.64. The standard InChI is InChI=1S/C22H28N6O2S/c1-5-28(6-2)13-12-26(3)21-23-16(14-18-20(29)25-22(30)31-18)15-19(24-21)27(4)17-10-8-7-9-11-17/h7-11,14-15H,5-6,12-13H2,1-4H3,(H,25,29,30)/b18-14+. The van der Waals surface area contributed by atoms with Crippen LogP contribution in [0.1, 0.15) is 19.5 Å². The first-order valence-electron chi connectivity index (χ1n) is 10.3. The molecule has 164 valence electrons. The number of anilines is 3. The summed E-state index contributed by atoms with van der Waals surface area (Å²) in [6.45, 7) is 7.93. The van der Waals surface area contributed by atoms with Gasteiger partial charge in [-0.05, 0) is 43.1 Å². The predicted octanol–water partition coefficient (Wildman–Crippen LogP) is 3.35. The number of imide groups is 1. The number of aromatic nitrogens is 2. The average molecular weight is 441 g/mol. The SMILES string of the molecule is CCN(CC)CCN(C)c1nc(/C=C2/SC(=O)NC2=O)cc(N(C)c2ccccc2)n1. The van der Waals surface area contributed by atoms with Crippen LogP contribution in [0.5, 0.6) is 0 Å². The largest absolute Gasteiger partial charge is 0.343 e. The summed E-state index contributed by atoms with van der Waals surface area (Å²) < 4.78 is 0. The van der Waals surface area contributed by atoms with Gasteiger partial charge in [-0.25, -0.2) is 4.98 Å². The minimum absolute atomic E-state index is 0.328. The first-order valence-corrected chi connectivity index (χ1v) is 11.1. The highest BCUT2D eigenvalue weighted by atomic mass is 32.2. The van der Waals surface area contributed by atoms with Crippen molar-refractivity contribution < 1.29 is 9.59 Å². The molecule has 1 aliphatic rings. The maximum absolute atomic E-state index is 12.0. The summed E-state index contributed by atoms with van der Waals surface area (Å²) in [4.78, 5) is 39.6. The molecule has 0 spiro atoms. The van der Waals surface area contributed by atoms with E-state index in [-0.39, 0.29) is 5.24 Å². The molecule has 0 aliphatic carbocycles. The Morgan fingerprint density at radius 1 is 1.03 bits per heavy atom. The lowest BCUT2D eigenvalue weighted by Crippen LogP contribution is -2.34. The fourth-order valence-electron chi connectivity index (χ4n) is 3.13. The van der Waals surface area contributed by atoms with Crippen LogP contribution in [0, 0.1) is 0 Å². The van der Waals surface area contributed by atoms with E-state index in [1.165, 1.54) is 0 Å². The van der Waals surface area contributed by atoms with Crippen LogP contribution in [0.25, 0.3) is 6.08 Å². The van der Waals surface area contributed by atoms with Gasteiger partial charge >= 0.3 is 0 Å². The molecule has 3 rings (SSSR count). The van der Waals surface area contributed by atoms with Gasteiger partial charge in [0.25, 0.3) is 11.1 Å². The van der Waals surface area contributed by atoms with E-state index in [4.69, 9.17) is 4.98 Å². The number of rotatable bonds is 9. The molecule has 31 heavy (non-hydrogen) atoms. The van der Waals surface area contributed by atoms with E-state index in [9.17, 15) is 9.59 Å². The van der Waals surface area contributed by atoms with Crippen LogP contribution in [0.3, 0.4) is 0 Å². The van der Waals surface area contributed by atoms with Crippen LogP contribution in [0.15, 0.2) is 41.3 Å². The Labute approximate surface area is 187 Å². The van der Waals surface area contributed by atoms with Gasteiger partial charge in [-0.3, -0.25) is 14.9 Å². The monoisotopic (exact) mass is 440 g/mol. The quantitative estimate of drug-likeness (QED) is 0.595. The summed E-state index contributed by atoms with van der Waals surface area (Å²) >= 11 is 0.881. The number of thioether (sulfide) groups is 1. The second kappa shape index (κ2) is 10.4. The maximum Gasteiger partial charge on any atom is 0.290 e. The minimum atomic E-state index is -0.400. The van der Waals surface area contributed by atoms with E-state index in [1.807, 2.05) is 60.3 Å². The number of nitrogens with zero attached hydrogens (tertiary/aromatic N) is 5. The molecule has 0 atom stereocenters. The van der Waals surface area contributed by atoms with Crippen molar-refractivity contribution in [1.82, 2.24) is 20.2 Å². The third-order valence-corrected chi connectivity index (χ3v) is 5.93.